The van der Waals surface area contributed by atoms with Gasteiger partial charge in [0.2, 0.25) is 0 Å². The molecular formula is C11H15NO5. The molecule has 0 radical (unpaired) electrons. The van der Waals surface area contributed by atoms with Crippen molar-refractivity contribution in [2.75, 3.05) is 13.7 Å². The molecule has 1 aromatic rings. The lowest BCUT2D eigenvalue weighted by Gasteiger charge is -2.21. The molecule has 1 saturated heterocycles. The van der Waals surface area contributed by atoms with Crippen LogP contribution in [0.4, 0.5) is 0 Å². The molecule has 1 aromatic heterocycles. The van der Waals surface area contributed by atoms with Crippen LogP contribution in [0.25, 0.3) is 0 Å². The normalized spacial score (nSPS) is 20.2. The van der Waals surface area contributed by atoms with Crippen LogP contribution in [-0.4, -0.2) is 31.1 Å². The molecule has 0 amide bonds. The zero-order valence-corrected chi connectivity index (χ0v) is 9.68. The number of methoxy groups -OCH3 is 1. The van der Waals surface area contributed by atoms with Gasteiger partial charge in [-0.05, 0) is 19.3 Å². The summed E-state index contributed by atoms with van der Waals surface area (Å²) in [5, 5.41) is 3.58. The van der Waals surface area contributed by atoms with Crippen LogP contribution >= 0.6 is 0 Å². The van der Waals surface area contributed by atoms with E-state index in [1.54, 1.807) is 0 Å². The first-order valence-electron chi connectivity index (χ1n) is 5.56. The molecule has 0 spiro atoms. The van der Waals surface area contributed by atoms with E-state index in [4.69, 9.17) is 14.0 Å². The number of hydrogen-bond donors (Lipinski definition) is 0. The van der Waals surface area contributed by atoms with Crippen molar-refractivity contribution in [3.8, 4) is 0 Å². The maximum Gasteiger partial charge on any atom is 0.360 e. The van der Waals surface area contributed by atoms with E-state index in [2.05, 4.69) is 9.89 Å². The smallest absolute Gasteiger partial charge is 0.360 e. The van der Waals surface area contributed by atoms with Gasteiger partial charge in [-0.3, -0.25) is 0 Å². The third-order valence-corrected chi connectivity index (χ3v) is 2.50. The van der Waals surface area contributed by atoms with Gasteiger partial charge in [-0.1, -0.05) is 5.16 Å². The van der Waals surface area contributed by atoms with Crippen molar-refractivity contribution >= 4 is 5.97 Å². The summed E-state index contributed by atoms with van der Waals surface area (Å²) in [5.74, 6) is -0.0338. The molecular weight excluding hydrogens is 226 g/mol. The van der Waals surface area contributed by atoms with Crippen LogP contribution in [0.5, 0.6) is 0 Å². The SMILES string of the molecule is COC(=O)c1cc(COC2CCCCO2)on1. The molecule has 1 aliphatic rings. The van der Waals surface area contributed by atoms with Crippen molar-refractivity contribution < 1.29 is 23.5 Å². The number of ether oxygens (including phenoxy) is 3. The average molecular weight is 241 g/mol. The first-order chi connectivity index (χ1) is 8.29. The monoisotopic (exact) mass is 241 g/mol. The maximum absolute atomic E-state index is 11.1. The summed E-state index contributed by atoms with van der Waals surface area (Å²) in [7, 11) is 1.29. The van der Waals surface area contributed by atoms with Gasteiger partial charge >= 0.3 is 5.97 Å². The summed E-state index contributed by atoms with van der Waals surface area (Å²) in [6, 6.07) is 1.51. The van der Waals surface area contributed by atoms with E-state index in [0.717, 1.165) is 25.9 Å². The summed E-state index contributed by atoms with van der Waals surface area (Å²) in [5.41, 5.74) is 0.149. The zero-order chi connectivity index (χ0) is 12.1. The molecule has 0 aliphatic carbocycles. The Morgan fingerprint density at radius 3 is 3.18 bits per heavy atom. The quantitative estimate of drug-likeness (QED) is 0.744. The van der Waals surface area contributed by atoms with Gasteiger partial charge in [0, 0.05) is 12.7 Å². The molecule has 94 valence electrons. The van der Waals surface area contributed by atoms with E-state index >= 15 is 0 Å². The number of rotatable bonds is 4. The molecule has 0 aromatic carbocycles. The zero-order valence-electron chi connectivity index (χ0n) is 9.68. The second kappa shape index (κ2) is 5.79. The first-order valence-corrected chi connectivity index (χ1v) is 5.56. The van der Waals surface area contributed by atoms with Crippen molar-refractivity contribution in [3.05, 3.63) is 17.5 Å². The Bertz CT molecular complexity index is 370. The van der Waals surface area contributed by atoms with Crippen LogP contribution in [0.1, 0.15) is 35.5 Å². The lowest BCUT2D eigenvalue weighted by Crippen LogP contribution is -2.21. The van der Waals surface area contributed by atoms with Gasteiger partial charge in [-0.25, -0.2) is 4.79 Å². The Hall–Kier alpha value is -1.40. The highest BCUT2D eigenvalue weighted by molar-refractivity contribution is 5.86. The number of carbonyl (C=O) groups is 1. The van der Waals surface area contributed by atoms with Crippen molar-refractivity contribution in [1.82, 2.24) is 5.16 Å². The molecule has 6 heteroatoms. The highest BCUT2D eigenvalue weighted by Gasteiger charge is 2.17. The second-order valence-corrected chi connectivity index (χ2v) is 3.78. The molecule has 1 aliphatic heterocycles. The van der Waals surface area contributed by atoms with Gasteiger partial charge in [0.1, 0.15) is 6.61 Å². The summed E-state index contributed by atoms with van der Waals surface area (Å²) >= 11 is 0. The summed E-state index contributed by atoms with van der Waals surface area (Å²) in [6.45, 7) is 0.975. The predicted octanol–water partition coefficient (Wildman–Crippen LogP) is 1.50. The fraction of sp³-hybridized carbons (Fsp3) is 0.636. The number of aromatic nitrogens is 1. The van der Waals surface area contributed by atoms with E-state index in [1.165, 1.54) is 13.2 Å². The highest BCUT2D eigenvalue weighted by atomic mass is 16.7. The lowest BCUT2D eigenvalue weighted by atomic mass is 10.2. The Labute approximate surface area is 98.8 Å². The summed E-state index contributed by atoms with van der Waals surface area (Å²) in [6.07, 6.45) is 2.89. The Balaban J connectivity index is 1.82. The van der Waals surface area contributed by atoms with Gasteiger partial charge in [-0.15, -0.1) is 0 Å². The van der Waals surface area contributed by atoms with Gasteiger partial charge in [0.15, 0.2) is 17.7 Å². The standard InChI is InChI=1S/C11H15NO5/c1-14-11(13)9-6-8(17-12-9)7-16-10-4-2-3-5-15-10/h6,10H,2-5,7H2,1H3. The van der Waals surface area contributed by atoms with E-state index in [9.17, 15) is 4.79 Å². The molecule has 1 atom stereocenters. The third kappa shape index (κ3) is 3.28. The molecule has 1 fully saturated rings. The molecule has 1 unspecified atom stereocenters. The fourth-order valence-corrected chi connectivity index (χ4v) is 1.60. The van der Waals surface area contributed by atoms with E-state index < -0.39 is 5.97 Å². The van der Waals surface area contributed by atoms with E-state index in [-0.39, 0.29) is 18.6 Å². The Kier molecular flexibility index (Phi) is 4.11. The fourth-order valence-electron chi connectivity index (χ4n) is 1.60. The van der Waals surface area contributed by atoms with E-state index in [1.807, 2.05) is 0 Å². The van der Waals surface area contributed by atoms with Gasteiger partial charge in [0.05, 0.1) is 7.11 Å². The molecule has 2 heterocycles. The number of esters is 1. The molecule has 0 bridgehead atoms. The van der Waals surface area contributed by atoms with Crippen LogP contribution in [-0.2, 0) is 20.8 Å². The van der Waals surface area contributed by atoms with Crippen LogP contribution in [0, 0.1) is 0 Å². The van der Waals surface area contributed by atoms with Crippen molar-refractivity contribution in [2.24, 2.45) is 0 Å². The lowest BCUT2D eigenvalue weighted by molar-refractivity contribution is -0.171. The minimum absolute atomic E-state index is 0.149. The van der Waals surface area contributed by atoms with Crippen molar-refractivity contribution in [1.29, 1.82) is 0 Å². The first kappa shape index (κ1) is 12.1. The van der Waals surface area contributed by atoms with Crippen molar-refractivity contribution in [3.63, 3.8) is 0 Å². The second-order valence-electron chi connectivity index (χ2n) is 3.78. The molecule has 6 nitrogen and oxygen atoms in total. The average Bonchev–Trinajstić information content (AvgIpc) is 2.85. The molecule has 2 rings (SSSR count). The highest BCUT2D eigenvalue weighted by Crippen LogP contribution is 2.16. The molecule has 0 N–H and O–H groups in total. The van der Waals surface area contributed by atoms with Crippen LogP contribution in [0.2, 0.25) is 0 Å². The minimum atomic E-state index is -0.520. The summed E-state index contributed by atoms with van der Waals surface area (Å²) < 4.78 is 20.4. The van der Waals surface area contributed by atoms with Crippen LogP contribution in [0.15, 0.2) is 10.6 Å². The topological polar surface area (TPSA) is 70.8 Å². The maximum atomic E-state index is 11.1. The van der Waals surface area contributed by atoms with Gasteiger partial charge < -0.3 is 18.7 Å². The number of nitrogens with zero attached hydrogens (tertiary/aromatic N) is 1. The number of carbonyl (C=O) groups excluding carboxylic acids is 1. The minimum Gasteiger partial charge on any atom is -0.464 e. The van der Waals surface area contributed by atoms with Crippen LogP contribution < -0.4 is 0 Å². The predicted molar refractivity (Wildman–Crippen MR) is 56.2 cm³/mol. The van der Waals surface area contributed by atoms with Gasteiger partial charge in [0.25, 0.3) is 0 Å². The Morgan fingerprint density at radius 2 is 2.47 bits per heavy atom. The largest absolute Gasteiger partial charge is 0.464 e. The van der Waals surface area contributed by atoms with E-state index in [0.29, 0.717) is 5.76 Å². The third-order valence-electron chi connectivity index (χ3n) is 2.50. The molecule has 0 saturated carbocycles. The Morgan fingerprint density at radius 1 is 1.59 bits per heavy atom. The summed E-state index contributed by atoms with van der Waals surface area (Å²) in [4.78, 5) is 11.1. The number of hydrogen-bond acceptors (Lipinski definition) is 6. The molecule has 17 heavy (non-hydrogen) atoms. The van der Waals surface area contributed by atoms with Crippen LogP contribution in [0.3, 0.4) is 0 Å². The van der Waals surface area contributed by atoms with Crippen molar-refractivity contribution in [2.45, 2.75) is 32.2 Å². The van der Waals surface area contributed by atoms with Gasteiger partial charge in [-0.2, -0.15) is 0 Å².